The van der Waals surface area contributed by atoms with E-state index in [-0.39, 0.29) is 11.3 Å². The van der Waals surface area contributed by atoms with Crippen molar-refractivity contribution in [3.05, 3.63) is 41.7 Å². The Morgan fingerprint density at radius 1 is 1.40 bits per heavy atom. The molecular formula is C12H13N5O3. The minimum Gasteiger partial charge on any atom is -0.478 e. The van der Waals surface area contributed by atoms with Gasteiger partial charge in [-0.3, -0.25) is 14.5 Å². The highest BCUT2D eigenvalue weighted by Gasteiger charge is 2.17. The summed E-state index contributed by atoms with van der Waals surface area (Å²) in [6.45, 7) is 0.304. The molecule has 0 aliphatic rings. The van der Waals surface area contributed by atoms with Crippen molar-refractivity contribution >= 4 is 11.9 Å². The van der Waals surface area contributed by atoms with Crippen molar-refractivity contribution in [1.82, 2.24) is 25.1 Å². The zero-order valence-electron chi connectivity index (χ0n) is 10.8. The van der Waals surface area contributed by atoms with E-state index in [2.05, 4.69) is 20.4 Å². The summed E-state index contributed by atoms with van der Waals surface area (Å²) in [5.74, 6) is -1.11. The highest BCUT2D eigenvalue weighted by Crippen LogP contribution is 2.05. The Bertz CT molecular complexity index is 638. The molecule has 2 rings (SSSR count). The molecule has 0 radical (unpaired) electrons. The maximum atomic E-state index is 11.9. The lowest BCUT2D eigenvalue weighted by Crippen LogP contribution is -2.28. The number of carbonyl (C=O) groups excluding carboxylic acids is 1. The maximum Gasteiger partial charge on any atom is 0.338 e. The second-order valence-electron chi connectivity index (χ2n) is 4.05. The van der Waals surface area contributed by atoms with Crippen LogP contribution in [0.4, 0.5) is 0 Å². The number of carbonyl (C=O) groups is 2. The van der Waals surface area contributed by atoms with E-state index in [9.17, 15) is 9.59 Å². The zero-order chi connectivity index (χ0) is 14.5. The number of carboxylic acids is 1. The third-order valence-electron chi connectivity index (χ3n) is 2.53. The molecule has 8 nitrogen and oxygen atoms in total. The molecule has 0 saturated heterocycles. The van der Waals surface area contributed by atoms with Gasteiger partial charge in [0.05, 0.1) is 5.56 Å². The zero-order valence-corrected chi connectivity index (χ0v) is 10.8. The SMILES string of the molecule is Cn1cnc(CCNC(=O)c2ncccc2C(=O)O)n1. The van der Waals surface area contributed by atoms with Crippen molar-refractivity contribution in [1.29, 1.82) is 0 Å². The molecule has 2 heterocycles. The molecule has 0 aliphatic heterocycles. The Balaban J connectivity index is 1.97. The Morgan fingerprint density at radius 3 is 2.85 bits per heavy atom. The normalized spacial score (nSPS) is 10.2. The van der Waals surface area contributed by atoms with E-state index in [1.807, 2.05) is 0 Å². The molecule has 0 atom stereocenters. The molecule has 0 aromatic carbocycles. The van der Waals surface area contributed by atoms with Crippen LogP contribution < -0.4 is 5.32 Å². The van der Waals surface area contributed by atoms with E-state index in [1.165, 1.54) is 18.3 Å². The third kappa shape index (κ3) is 3.16. The number of pyridine rings is 1. The van der Waals surface area contributed by atoms with Crippen LogP contribution in [0.5, 0.6) is 0 Å². The standard InChI is InChI=1S/C12H13N5O3/c1-17-7-15-9(16-17)4-6-14-11(18)10-8(12(19)20)3-2-5-13-10/h2-3,5,7H,4,6H2,1H3,(H,14,18)(H,19,20). The molecule has 8 heteroatoms. The smallest absolute Gasteiger partial charge is 0.338 e. The van der Waals surface area contributed by atoms with Gasteiger partial charge in [0.2, 0.25) is 0 Å². The number of hydrogen-bond acceptors (Lipinski definition) is 5. The summed E-state index contributed by atoms with van der Waals surface area (Å²) in [5, 5.41) is 15.6. The van der Waals surface area contributed by atoms with Crippen LogP contribution in [0, 0.1) is 0 Å². The average molecular weight is 275 g/mol. The van der Waals surface area contributed by atoms with Crippen LogP contribution in [0.25, 0.3) is 0 Å². The number of aromatic carboxylic acids is 1. The first-order valence-electron chi connectivity index (χ1n) is 5.89. The molecule has 20 heavy (non-hydrogen) atoms. The van der Waals surface area contributed by atoms with E-state index in [4.69, 9.17) is 5.11 Å². The van der Waals surface area contributed by atoms with E-state index < -0.39 is 11.9 Å². The van der Waals surface area contributed by atoms with Crippen LogP contribution >= 0.6 is 0 Å². The minimum atomic E-state index is -1.19. The average Bonchev–Trinajstić information content (AvgIpc) is 2.84. The van der Waals surface area contributed by atoms with Crippen LogP contribution in [0.3, 0.4) is 0 Å². The highest BCUT2D eigenvalue weighted by molar-refractivity contribution is 6.03. The van der Waals surface area contributed by atoms with E-state index in [1.54, 1.807) is 18.1 Å². The molecule has 0 saturated carbocycles. The van der Waals surface area contributed by atoms with Crippen LogP contribution in [-0.4, -0.2) is 43.3 Å². The lowest BCUT2D eigenvalue weighted by molar-refractivity contribution is 0.0690. The topological polar surface area (TPSA) is 110 Å². The van der Waals surface area contributed by atoms with Gasteiger partial charge in [-0.1, -0.05) is 0 Å². The second-order valence-corrected chi connectivity index (χ2v) is 4.05. The third-order valence-corrected chi connectivity index (χ3v) is 2.53. The van der Waals surface area contributed by atoms with Gasteiger partial charge in [0.15, 0.2) is 5.82 Å². The van der Waals surface area contributed by atoms with Gasteiger partial charge in [-0.2, -0.15) is 5.10 Å². The first kappa shape index (κ1) is 13.7. The van der Waals surface area contributed by atoms with Crippen LogP contribution in [0.1, 0.15) is 26.7 Å². The van der Waals surface area contributed by atoms with Gasteiger partial charge in [-0.25, -0.2) is 9.78 Å². The summed E-state index contributed by atoms with van der Waals surface area (Å²) in [6.07, 6.45) is 3.40. The van der Waals surface area contributed by atoms with Gasteiger partial charge in [0, 0.05) is 26.2 Å². The van der Waals surface area contributed by atoms with Gasteiger partial charge in [0.1, 0.15) is 12.0 Å². The fourth-order valence-corrected chi connectivity index (χ4v) is 1.63. The largest absolute Gasteiger partial charge is 0.478 e. The quantitative estimate of drug-likeness (QED) is 0.787. The fourth-order valence-electron chi connectivity index (χ4n) is 1.63. The van der Waals surface area contributed by atoms with Gasteiger partial charge in [-0.15, -0.1) is 0 Å². The molecule has 2 aromatic rings. The molecule has 0 unspecified atom stereocenters. The predicted molar refractivity (Wildman–Crippen MR) is 68.2 cm³/mol. The van der Waals surface area contributed by atoms with Gasteiger partial charge >= 0.3 is 5.97 Å². The molecule has 104 valence electrons. The van der Waals surface area contributed by atoms with Crippen molar-refractivity contribution in [2.24, 2.45) is 7.05 Å². The Hall–Kier alpha value is -2.77. The summed E-state index contributed by atoms with van der Waals surface area (Å²) >= 11 is 0. The van der Waals surface area contributed by atoms with Crippen LogP contribution in [-0.2, 0) is 13.5 Å². The summed E-state index contributed by atoms with van der Waals surface area (Å²) < 4.78 is 1.57. The number of aryl methyl sites for hydroxylation is 1. The second kappa shape index (κ2) is 5.91. The van der Waals surface area contributed by atoms with E-state index in [0.717, 1.165) is 0 Å². The lowest BCUT2D eigenvalue weighted by atomic mass is 10.2. The number of aromatic nitrogens is 4. The Labute approximate surface area is 114 Å². The molecule has 1 amide bonds. The highest BCUT2D eigenvalue weighted by atomic mass is 16.4. The predicted octanol–water partition coefficient (Wildman–Crippen LogP) is -0.119. The van der Waals surface area contributed by atoms with E-state index >= 15 is 0 Å². The molecule has 2 N–H and O–H groups in total. The minimum absolute atomic E-state index is 0.103. The molecule has 2 aromatic heterocycles. The van der Waals surface area contributed by atoms with Crippen molar-refractivity contribution in [3.8, 4) is 0 Å². The number of hydrogen-bond donors (Lipinski definition) is 2. The monoisotopic (exact) mass is 275 g/mol. The van der Waals surface area contributed by atoms with Crippen LogP contribution in [0.2, 0.25) is 0 Å². The van der Waals surface area contributed by atoms with E-state index in [0.29, 0.717) is 18.8 Å². The lowest BCUT2D eigenvalue weighted by Gasteiger charge is -2.05. The number of amides is 1. The molecule has 0 spiro atoms. The number of nitrogens with zero attached hydrogens (tertiary/aromatic N) is 4. The molecule has 0 fully saturated rings. The van der Waals surface area contributed by atoms with Crippen molar-refractivity contribution < 1.29 is 14.7 Å². The molecule has 0 bridgehead atoms. The summed E-state index contributed by atoms with van der Waals surface area (Å²) in [7, 11) is 1.75. The van der Waals surface area contributed by atoms with Crippen molar-refractivity contribution in [3.63, 3.8) is 0 Å². The summed E-state index contributed by atoms with van der Waals surface area (Å²) in [5.41, 5.74) is -0.227. The fraction of sp³-hybridized carbons (Fsp3) is 0.250. The summed E-state index contributed by atoms with van der Waals surface area (Å²) in [6, 6.07) is 2.81. The van der Waals surface area contributed by atoms with Gasteiger partial charge in [-0.05, 0) is 12.1 Å². The number of carboxylic acid groups (broad SMARTS) is 1. The van der Waals surface area contributed by atoms with Crippen molar-refractivity contribution in [2.45, 2.75) is 6.42 Å². The van der Waals surface area contributed by atoms with Gasteiger partial charge in [0.25, 0.3) is 5.91 Å². The molecule has 0 aliphatic carbocycles. The maximum absolute atomic E-state index is 11.9. The molecular weight excluding hydrogens is 262 g/mol. The number of nitrogens with one attached hydrogen (secondary N) is 1. The first-order valence-corrected chi connectivity index (χ1v) is 5.89. The first-order chi connectivity index (χ1) is 9.58. The summed E-state index contributed by atoms with van der Waals surface area (Å²) in [4.78, 5) is 30.7. The number of rotatable bonds is 5. The van der Waals surface area contributed by atoms with Gasteiger partial charge < -0.3 is 10.4 Å². The Kier molecular flexibility index (Phi) is 4.04. The van der Waals surface area contributed by atoms with Crippen LogP contribution in [0.15, 0.2) is 24.7 Å². The Morgan fingerprint density at radius 2 is 2.20 bits per heavy atom. The van der Waals surface area contributed by atoms with Crippen molar-refractivity contribution in [2.75, 3.05) is 6.54 Å².